The number of hydrogen-bond acceptors (Lipinski definition) is 4. The van der Waals surface area contributed by atoms with Crippen LogP contribution in [0.1, 0.15) is 43.8 Å². The average molecular weight is 641 g/mol. The lowest BCUT2D eigenvalue weighted by Crippen LogP contribution is -2.43. The van der Waals surface area contributed by atoms with E-state index in [9.17, 15) is 18.8 Å². The van der Waals surface area contributed by atoms with Crippen molar-refractivity contribution in [2.45, 2.75) is 23.5 Å². The van der Waals surface area contributed by atoms with Gasteiger partial charge in [0.25, 0.3) is 5.91 Å². The summed E-state index contributed by atoms with van der Waals surface area (Å²) in [5.41, 5.74) is 5.68. The number of carbonyl (C=O) groups excluding carboxylic acids is 3. The lowest BCUT2D eigenvalue weighted by atomic mass is 9.97. The molecule has 5 aromatic rings. The van der Waals surface area contributed by atoms with Gasteiger partial charge >= 0.3 is 0 Å². The molecule has 0 bridgehead atoms. The highest BCUT2D eigenvalue weighted by molar-refractivity contribution is 7.99. The van der Waals surface area contributed by atoms with Gasteiger partial charge in [-0.3, -0.25) is 14.4 Å². The first-order chi connectivity index (χ1) is 22.9. The quantitative estimate of drug-likeness (QED) is 0.156. The molecular formula is C40H33FN2O3S. The van der Waals surface area contributed by atoms with E-state index in [1.807, 2.05) is 42.5 Å². The van der Waals surface area contributed by atoms with E-state index in [0.29, 0.717) is 24.4 Å². The number of benzene rings is 5. The van der Waals surface area contributed by atoms with Gasteiger partial charge in [0.15, 0.2) is 5.78 Å². The van der Waals surface area contributed by atoms with Crippen LogP contribution in [0.25, 0.3) is 17.2 Å². The van der Waals surface area contributed by atoms with Crippen molar-refractivity contribution < 1.29 is 18.8 Å². The Bertz CT molecular complexity index is 1910. The number of nitrogens with zero attached hydrogens (tertiary/aromatic N) is 1. The van der Waals surface area contributed by atoms with E-state index in [4.69, 9.17) is 0 Å². The number of halogens is 1. The number of nitrogens with one attached hydrogen (secondary N) is 1. The van der Waals surface area contributed by atoms with E-state index in [1.54, 1.807) is 59.1 Å². The smallest absolute Gasteiger partial charge is 0.255 e. The molecule has 5 aromatic carbocycles. The summed E-state index contributed by atoms with van der Waals surface area (Å²) >= 11 is 1.72. The number of thioether (sulfide) groups is 1. The zero-order valence-corrected chi connectivity index (χ0v) is 26.5. The van der Waals surface area contributed by atoms with Crippen LogP contribution in [0.5, 0.6) is 0 Å². The van der Waals surface area contributed by atoms with Crippen molar-refractivity contribution in [3.63, 3.8) is 0 Å². The van der Waals surface area contributed by atoms with Crippen LogP contribution in [-0.2, 0) is 10.5 Å². The third kappa shape index (κ3) is 7.26. The molecule has 1 aliphatic heterocycles. The zero-order valence-electron chi connectivity index (χ0n) is 25.6. The van der Waals surface area contributed by atoms with E-state index in [0.717, 1.165) is 16.7 Å². The van der Waals surface area contributed by atoms with E-state index < -0.39 is 17.8 Å². The van der Waals surface area contributed by atoms with Crippen LogP contribution in [0, 0.1) is 5.82 Å². The molecule has 0 aliphatic carbocycles. The summed E-state index contributed by atoms with van der Waals surface area (Å²) in [6.07, 6.45) is 2.18. The zero-order chi connectivity index (χ0) is 32.8. The molecule has 5 nitrogen and oxygen atoms in total. The van der Waals surface area contributed by atoms with Gasteiger partial charge in [-0.1, -0.05) is 97.6 Å². The van der Waals surface area contributed by atoms with Gasteiger partial charge in [-0.05, 0) is 71.1 Å². The van der Waals surface area contributed by atoms with Crippen LogP contribution >= 0.6 is 11.8 Å². The van der Waals surface area contributed by atoms with Crippen LogP contribution in [0.15, 0.2) is 134 Å². The number of carbonyl (C=O) groups is 3. The second-order valence-electron chi connectivity index (χ2n) is 11.4. The first-order valence-corrected chi connectivity index (χ1v) is 16.4. The van der Waals surface area contributed by atoms with Crippen molar-refractivity contribution in [3.05, 3.63) is 168 Å². The Hall–Kier alpha value is -5.27. The minimum Gasteiger partial charge on any atom is -0.325 e. The van der Waals surface area contributed by atoms with Gasteiger partial charge in [0.05, 0.1) is 5.56 Å². The Morgan fingerprint density at radius 1 is 0.809 bits per heavy atom. The summed E-state index contributed by atoms with van der Waals surface area (Å²) in [7, 11) is 0. The second-order valence-corrected chi connectivity index (χ2v) is 12.7. The minimum absolute atomic E-state index is 0.0263. The number of ketones is 1. The highest BCUT2D eigenvalue weighted by atomic mass is 32.2. The van der Waals surface area contributed by atoms with E-state index in [1.165, 1.54) is 29.8 Å². The van der Waals surface area contributed by atoms with Gasteiger partial charge in [0.2, 0.25) is 5.91 Å². The summed E-state index contributed by atoms with van der Waals surface area (Å²) in [5.74, 6) is -0.828. The largest absolute Gasteiger partial charge is 0.325 e. The average Bonchev–Trinajstić information content (AvgIpc) is 3.56. The highest BCUT2D eigenvalue weighted by Gasteiger charge is 2.41. The van der Waals surface area contributed by atoms with E-state index in [2.05, 4.69) is 36.2 Å². The Morgan fingerprint density at radius 3 is 2.19 bits per heavy atom. The van der Waals surface area contributed by atoms with E-state index in [-0.39, 0.29) is 33.6 Å². The van der Waals surface area contributed by atoms with Crippen LogP contribution in [-0.4, -0.2) is 40.3 Å². The molecule has 1 aliphatic rings. The standard InChI is InChI=1S/C40H33FN2O3S/c1-2-27-16-22-32(23-17-27)42-39(45)37-24-33(47-26-30-12-6-7-13-34(30)28-10-4-3-5-11-28)25-43(37)40(46)36-15-9-8-14-35(36)38(44)29-18-20-31(41)21-19-29/h2-23,33,37H,1,24-26H2,(H,42,45)/t33-,37+/m1/s1. The van der Waals surface area contributed by atoms with Gasteiger partial charge in [-0.2, -0.15) is 11.8 Å². The van der Waals surface area contributed by atoms with Crippen LogP contribution < -0.4 is 5.32 Å². The Kier molecular flexibility index (Phi) is 9.74. The van der Waals surface area contributed by atoms with E-state index >= 15 is 0 Å². The number of anilines is 1. The minimum atomic E-state index is -0.752. The number of hydrogen-bond donors (Lipinski definition) is 1. The number of amides is 2. The molecule has 1 heterocycles. The SMILES string of the molecule is C=Cc1ccc(NC(=O)[C@@H]2C[C@@H](SCc3ccccc3-c3ccccc3)CN2C(=O)c2ccccc2C(=O)c2ccc(F)cc2)cc1. The predicted octanol–water partition coefficient (Wildman–Crippen LogP) is 8.52. The molecule has 0 unspecified atom stereocenters. The summed E-state index contributed by atoms with van der Waals surface area (Å²) in [4.78, 5) is 43.2. The van der Waals surface area contributed by atoms with Gasteiger partial charge < -0.3 is 10.2 Å². The molecule has 47 heavy (non-hydrogen) atoms. The molecule has 0 radical (unpaired) electrons. The Balaban J connectivity index is 1.27. The molecule has 1 saturated heterocycles. The Labute approximate surface area is 278 Å². The number of rotatable bonds is 10. The molecule has 1 N–H and O–H groups in total. The molecular weight excluding hydrogens is 608 g/mol. The second kappa shape index (κ2) is 14.4. The molecule has 2 amide bonds. The maximum Gasteiger partial charge on any atom is 0.255 e. The maximum absolute atomic E-state index is 14.3. The third-order valence-corrected chi connectivity index (χ3v) is 9.62. The molecule has 7 heteroatoms. The summed E-state index contributed by atoms with van der Waals surface area (Å²) in [6, 6.07) is 36.9. The first kappa shape index (κ1) is 31.7. The summed E-state index contributed by atoms with van der Waals surface area (Å²) in [5, 5.41) is 2.96. The topological polar surface area (TPSA) is 66.5 Å². The highest BCUT2D eigenvalue weighted by Crippen LogP contribution is 2.35. The van der Waals surface area contributed by atoms with Gasteiger partial charge in [-0.25, -0.2) is 4.39 Å². The molecule has 0 spiro atoms. The summed E-state index contributed by atoms with van der Waals surface area (Å²) in [6.45, 7) is 4.12. The van der Waals surface area contributed by atoms with Crippen molar-refractivity contribution in [1.82, 2.24) is 4.90 Å². The fourth-order valence-corrected chi connectivity index (χ4v) is 7.10. The monoisotopic (exact) mass is 640 g/mol. The van der Waals surface area contributed by atoms with Gasteiger partial charge in [-0.15, -0.1) is 0 Å². The van der Waals surface area contributed by atoms with Gasteiger partial charge in [0.1, 0.15) is 11.9 Å². The van der Waals surface area contributed by atoms with Crippen molar-refractivity contribution in [2.75, 3.05) is 11.9 Å². The molecule has 234 valence electrons. The lowest BCUT2D eigenvalue weighted by Gasteiger charge is -2.25. The van der Waals surface area contributed by atoms with Crippen molar-refractivity contribution >= 4 is 41.1 Å². The van der Waals surface area contributed by atoms with Crippen LogP contribution in [0.2, 0.25) is 0 Å². The fourth-order valence-electron chi connectivity index (χ4n) is 5.85. The van der Waals surface area contributed by atoms with Crippen molar-refractivity contribution in [3.8, 4) is 11.1 Å². The molecule has 0 aromatic heterocycles. The van der Waals surface area contributed by atoms with Gasteiger partial charge in [0, 0.05) is 34.4 Å². The third-order valence-electron chi connectivity index (χ3n) is 8.33. The predicted molar refractivity (Wildman–Crippen MR) is 188 cm³/mol. The first-order valence-electron chi connectivity index (χ1n) is 15.4. The van der Waals surface area contributed by atoms with Crippen LogP contribution in [0.3, 0.4) is 0 Å². The van der Waals surface area contributed by atoms with Crippen molar-refractivity contribution in [2.24, 2.45) is 0 Å². The molecule has 2 atom stereocenters. The Morgan fingerprint density at radius 2 is 1.47 bits per heavy atom. The maximum atomic E-state index is 14.3. The van der Waals surface area contributed by atoms with Crippen LogP contribution in [0.4, 0.5) is 10.1 Å². The normalized spacial score (nSPS) is 15.6. The lowest BCUT2D eigenvalue weighted by molar-refractivity contribution is -0.119. The molecule has 0 saturated carbocycles. The fraction of sp³-hybridized carbons (Fsp3) is 0.125. The molecule has 6 rings (SSSR count). The number of likely N-dealkylation sites (tertiary alicyclic amines) is 1. The van der Waals surface area contributed by atoms with Crippen molar-refractivity contribution in [1.29, 1.82) is 0 Å². The molecule has 1 fully saturated rings. The summed E-state index contributed by atoms with van der Waals surface area (Å²) < 4.78 is 13.6.